The van der Waals surface area contributed by atoms with Crippen molar-refractivity contribution in [1.29, 1.82) is 0 Å². The molecular formula is C13H15ClN2O4. The van der Waals surface area contributed by atoms with Crippen molar-refractivity contribution in [2.45, 2.75) is 12.8 Å². The van der Waals surface area contributed by atoms with Crippen LogP contribution in [0.25, 0.3) is 0 Å². The SMILES string of the molecule is O=C(NCC1CCCOC1)c1ccc(Cl)c([N+](=O)[O-])c1. The Hall–Kier alpha value is -1.66. The molecule has 0 saturated carbocycles. The maximum absolute atomic E-state index is 12.0. The van der Waals surface area contributed by atoms with Crippen molar-refractivity contribution >= 4 is 23.2 Å². The van der Waals surface area contributed by atoms with E-state index in [0.717, 1.165) is 19.4 Å². The van der Waals surface area contributed by atoms with E-state index in [1.807, 2.05) is 0 Å². The van der Waals surface area contributed by atoms with Gasteiger partial charge in [0.15, 0.2) is 0 Å². The minimum absolute atomic E-state index is 0.0206. The lowest BCUT2D eigenvalue weighted by atomic mass is 10.0. The van der Waals surface area contributed by atoms with E-state index in [9.17, 15) is 14.9 Å². The van der Waals surface area contributed by atoms with Crippen molar-refractivity contribution in [2.75, 3.05) is 19.8 Å². The van der Waals surface area contributed by atoms with Crippen LogP contribution < -0.4 is 5.32 Å². The minimum Gasteiger partial charge on any atom is -0.381 e. The molecule has 1 N–H and O–H groups in total. The summed E-state index contributed by atoms with van der Waals surface area (Å²) in [5, 5.41) is 13.6. The molecule has 1 saturated heterocycles. The first kappa shape index (κ1) is 14.7. The zero-order chi connectivity index (χ0) is 14.5. The second kappa shape index (κ2) is 6.67. The molecule has 1 atom stereocenters. The Bertz CT molecular complexity index is 515. The first-order chi connectivity index (χ1) is 9.58. The average molecular weight is 299 g/mol. The van der Waals surface area contributed by atoms with Crippen LogP contribution in [0, 0.1) is 16.0 Å². The van der Waals surface area contributed by atoms with Gasteiger partial charge in [-0.25, -0.2) is 0 Å². The number of hydrogen-bond acceptors (Lipinski definition) is 4. The highest BCUT2D eigenvalue weighted by Crippen LogP contribution is 2.25. The number of amides is 1. The first-order valence-corrected chi connectivity index (χ1v) is 6.75. The van der Waals surface area contributed by atoms with Crippen molar-refractivity contribution in [2.24, 2.45) is 5.92 Å². The van der Waals surface area contributed by atoms with Gasteiger partial charge in [-0.2, -0.15) is 0 Å². The molecule has 6 nitrogen and oxygen atoms in total. The van der Waals surface area contributed by atoms with Gasteiger partial charge < -0.3 is 10.1 Å². The summed E-state index contributed by atoms with van der Waals surface area (Å²) in [6, 6.07) is 4.02. The molecule has 20 heavy (non-hydrogen) atoms. The summed E-state index contributed by atoms with van der Waals surface area (Å²) in [5.74, 6) is -0.0367. The lowest BCUT2D eigenvalue weighted by molar-refractivity contribution is -0.384. The standard InChI is InChI=1S/C13H15ClN2O4/c14-11-4-3-10(6-12(11)16(18)19)13(17)15-7-9-2-1-5-20-8-9/h3-4,6,9H,1-2,5,7-8H2,(H,15,17). The number of nitrogens with zero attached hydrogens (tertiary/aromatic N) is 1. The van der Waals surface area contributed by atoms with Crippen LogP contribution in [0.5, 0.6) is 0 Å². The third-order valence-corrected chi connectivity index (χ3v) is 3.53. The Morgan fingerprint density at radius 3 is 3.00 bits per heavy atom. The fraction of sp³-hybridized carbons (Fsp3) is 0.462. The summed E-state index contributed by atoms with van der Waals surface area (Å²) in [4.78, 5) is 22.1. The predicted octanol–water partition coefficient (Wildman–Crippen LogP) is 2.40. The van der Waals surface area contributed by atoms with Crippen LogP contribution in [0.2, 0.25) is 5.02 Å². The van der Waals surface area contributed by atoms with Gasteiger partial charge in [0.05, 0.1) is 11.5 Å². The van der Waals surface area contributed by atoms with E-state index in [0.29, 0.717) is 19.1 Å². The molecule has 1 aliphatic rings. The van der Waals surface area contributed by atoms with E-state index in [2.05, 4.69) is 5.32 Å². The van der Waals surface area contributed by atoms with Gasteiger partial charge in [0.25, 0.3) is 11.6 Å². The van der Waals surface area contributed by atoms with Crippen LogP contribution in [-0.4, -0.2) is 30.6 Å². The number of carbonyl (C=O) groups is 1. The van der Waals surface area contributed by atoms with Crippen LogP contribution in [0.15, 0.2) is 18.2 Å². The Morgan fingerprint density at radius 1 is 1.55 bits per heavy atom. The monoisotopic (exact) mass is 298 g/mol. The first-order valence-electron chi connectivity index (χ1n) is 6.38. The highest BCUT2D eigenvalue weighted by Gasteiger charge is 2.18. The van der Waals surface area contributed by atoms with Crippen LogP contribution in [0.4, 0.5) is 5.69 Å². The molecule has 1 fully saturated rings. The van der Waals surface area contributed by atoms with E-state index in [-0.39, 0.29) is 22.2 Å². The third-order valence-electron chi connectivity index (χ3n) is 3.21. The molecule has 108 valence electrons. The van der Waals surface area contributed by atoms with Gasteiger partial charge in [0.1, 0.15) is 5.02 Å². The Kier molecular flexibility index (Phi) is 4.92. The molecule has 0 aliphatic carbocycles. The normalized spacial score (nSPS) is 18.6. The summed E-state index contributed by atoms with van der Waals surface area (Å²) in [7, 11) is 0. The van der Waals surface area contributed by atoms with Gasteiger partial charge in [-0.3, -0.25) is 14.9 Å². The van der Waals surface area contributed by atoms with Crippen LogP contribution in [0.1, 0.15) is 23.2 Å². The molecule has 1 unspecified atom stereocenters. The van der Waals surface area contributed by atoms with Gasteiger partial charge in [-0.15, -0.1) is 0 Å². The lowest BCUT2D eigenvalue weighted by Crippen LogP contribution is -2.33. The zero-order valence-electron chi connectivity index (χ0n) is 10.8. The van der Waals surface area contributed by atoms with E-state index in [1.165, 1.54) is 18.2 Å². The van der Waals surface area contributed by atoms with Gasteiger partial charge >= 0.3 is 0 Å². The van der Waals surface area contributed by atoms with Gasteiger partial charge in [0.2, 0.25) is 0 Å². The molecule has 1 aromatic carbocycles. The molecule has 1 heterocycles. The third kappa shape index (κ3) is 3.68. The Morgan fingerprint density at radius 2 is 2.35 bits per heavy atom. The maximum atomic E-state index is 12.0. The summed E-state index contributed by atoms with van der Waals surface area (Å²) >= 11 is 5.70. The van der Waals surface area contributed by atoms with Crippen LogP contribution in [0.3, 0.4) is 0 Å². The number of nitro benzene ring substituents is 1. The average Bonchev–Trinajstić information content (AvgIpc) is 2.46. The molecule has 0 spiro atoms. The predicted molar refractivity (Wildman–Crippen MR) is 74.0 cm³/mol. The Labute approximate surface area is 121 Å². The Balaban J connectivity index is 1.98. The molecule has 0 bridgehead atoms. The van der Waals surface area contributed by atoms with E-state index in [1.54, 1.807) is 0 Å². The topological polar surface area (TPSA) is 81.5 Å². The fourth-order valence-electron chi connectivity index (χ4n) is 2.10. The van der Waals surface area contributed by atoms with Crippen molar-refractivity contribution in [1.82, 2.24) is 5.32 Å². The van der Waals surface area contributed by atoms with Gasteiger partial charge in [-0.1, -0.05) is 11.6 Å². The van der Waals surface area contributed by atoms with Crippen molar-refractivity contribution in [3.05, 3.63) is 38.9 Å². The molecule has 0 radical (unpaired) electrons. The maximum Gasteiger partial charge on any atom is 0.288 e. The van der Waals surface area contributed by atoms with E-state index < -0.39 is 4.92 Å². The highest BCUT2D eigenvalue weighted by molar-refractivity contribution is 6.32. The zero-order valence-corrected chi connectivity index (χ0v) is 11.6. The molecule has 1 amide bonds. The summed E-state index contributed by atoms with van der Waals surface area (Å²) in [6.07, 6.45) is 2.01. The number of ether oxygens (including phenoxy) is 1. The molecule has 7 heteroatoms. The number of halogens is 1. The van der Waals surface area contributed by atoms with E-state index >= 15 is 0 Å². The summed E-state index contributed by atoms with van der Waals surface area (Å²) in [5.41, 5.74) is -0.0295. The number of rotatable bonds is 4. The van der Waals surface area contributed by atoms with Crippen molar-refractivity contribution < 1.29 is 14.5 Å². The molecule has 2 rings (SSSR count). The number of benzene rings is 1. The van der Waals surface area contributed by atoms with Crippen LogP contribution >= 0.6 is 11.6 Å². The summed E-state index contributed by atoms with van der Waals surface area (Å²) < 4.78 is 5.33. The number of carbonyl (C=O) groups excluding carboxylic acids is 1. The van der Waals surface area contributed by atoms with Crippen LogP contribution in [-0.2, 0) is 4.74 Å². The van der Waals surface area contributed by atoms with Gasteiger partial charge in [0, 0.05) is 24.8 Å². The lowest BCUT2D eigenvalue weighted by Gasteiger charge is -2.22. The smallest absolute Gasteiger partial charge is 0.288 e. The molecular weight excluding hydrogens is 284 g/mol. The molecule has 1 aliphatic heterocycles. The quantitative estimate of drug-likeness (QED) is 0.683. The number of nitro groups is 1. The largest absolute Gasteiger partial charge is 0.381 e. The van der Waals surface area contributed by atoms with Crippen molar-refractivity contribution in [3.63, 3.8) is 0 Å². The fourth-order valence-corrected chi connectivity index (χ4v) is 2.29. The van der Waals surface area contributed by atoms with E-state index in [4.69, 9.17) is 16.3 Å². The highest BCUT2D eigenvalue weighted by atomic mass is 35.5. The minimum atomic E-state index is -0.603. The summed E-state index contributed by atoms with van der Waals surface area (Å²) in [6.45, 7) is 1.92. The van der Waals surface area contributed by atoms with Crippen molar-refractivity contribution in [3.8, 4) is 0 Å². The second-order valence-electron chi connectivity index (χ2n) is 4.72. The van der Waals surface area contributed by atoms with Gasteiger partial charge in [-0.05, 0) is 30.9 Å². The second-order valence-corrected chi connectivity index (χ2v) is 5.12. The molecule has 1 aromatic rings. The number of nitrogens with one attached hydrogen (secondary N) is 1. The number of hydrogen-bond donors (Lipinski definition) is 1. The molecule has 0 aromatic heterocycles.